The number of nitrogens with zero attached hydrogens (tertiary/aromatic N) is 1. The standard InChI is InChI=1S/C13H20Cl2N2S/c1-9(11-8-12(14)18-13(11)15)17(2)10-4-3-6-16-7-5-10/h8-10,16H,3-7H2,1-2H3. The van der Waals surface area contributed by atoms with Crippen molar-refractivity contribution < 1.29 is 0 Å². The highest BCUT2D eigenvalue weighted by atomic mass is 35.5. The van der Waals surface area contributed by atoms with Crippen molar-refractivity contribution in [3.63, 3.8) is 0 Å². The van der Waals surface area contributed by atoms with Crippen molar-refractivity contribution in [1.29, 1.82) is 0 Å². The minimum atomic E-state index is 0.323. The SMILES string of the molecule is CC(c1cc(Cl)sc1Cl)N(C)C1CCCNCC1. The molecule has 0 spiro atoms. The maximum absolute atomic E-state index is 6.25. The molecular weight excluding hydrogens is 287 g/mol. The van der Waals surface area contributed by atoms with E-state index < -0.39 is 0 Å². The Labute approximate surface area is 123 Å². The zero-order chi connectivity index (χ0) is 13.1. The minimum absolute atomic E-state index is 0.323. The van der Waals surface area contributed by atoms with Gasteiger partial charge in [-0.15, -0.1) is 11.3 Å². The van der Waals surface area contributed by atoms with Gasteiger partial charge < -0.3 is 5.32 Å². The molecule has 5 heteroatoms. The molecule has 2 rings (SSSR count). The summed E-state index contributed by atoms with van der Waals surface area (Å²) in [5, 5.41) is 3.45. The summed E-state index contributed by atoms with van der Waals surface area (Å²) in [5.41, 5.74) is 1.16. The van der Waals surface area contributed by atoms with Gasteiger partial charge in [-0.2, -0.15) is 0 Å². The number of hydrogen-bond donors (Lipinski definition) is 1. The van der Waals surface area contributed by atoms with Crippen LogP contribution in [0.3, 0.4) is 0 Å². The number of rotatable bonds is 3. The molecule has 1 aromatic rings. The molecule has 1 saturated heterocycles. The molecule has 0 bridgehead atoms. The van der Waals surface area contributed by atoms with Gasteiger partial charge >= 0.3 is 0 Å². The first-order valence-electron chi connectivity index (χ1n) is 6.47. The molecule has 102 valence electrons. The maximum Gasteiger partial charge on any atom is 0.0991 e. The number of thiophene rings is 1. The maximum atomic E-state index is 6.25. The zero-order valence-corrected chi connectivity index (χ0v) is 13.2. The Hall–Kier alpha value is 0.200. The highest BCUT2D eigenvalue weighted by molar-refractivity contribution is 7.20. The topological polar surface area (TPSA) is 15.3 Å². The van der Waals surface area contributed by atoms with E-state index in [1.54, 1.807) is 0 Å². The van der Waals surface area contributed by atoms with Crippen molar-refractivity contribution in [1.82, 2.24) is 10.2 Å². The van der Waals surface area contributed by atoms with Crippen LogP contribution in [0.2, 0.25) is 8.67 Å². The highest BCUT2D eigenvalue weighted by Crippen LogP contribution is 2.37. The van der Waals surface area contributed by atoms with Crippen molar-refractivity contribution in [3.8, 4) is 0 Å². The Morgan fingerprint density at radius 1 is 1.39 bits per heavy atom. The Bertz CT molecular complexity index is 386. The van der Waals surface area contributed by atoms with Gasteiger partial charge in [-0.1, -0.05) is 23.2 Å². The molecule has 0 saturated carbocycles. The summed E-state index contributed by atoms with van der Waals surface area (Å²) in [5.74, 6) is 0. The molecule has 2 unspecified atom stereocenters. The van der Waals surface area contributed by atoms with Gasteiger partial charge in [0, 0.05) is 17.6 Å². The first-order valence-corrected chi connectivity index (χ1v) is 8.04. The van der Waals surface area contributed by atoms with Gasteiger partial charge in [-0.3, -0.25) is 4.90 Å². The predicted octanol–water partition coefficient (Wildman–Crippen LogP) is 4.19. The van der Waals surface area contributed by atoms with E-state index in [1.807, 2.05) is 6.07 Å². The molecule has 1 N–H and O–H groups in total. The largest absolute Gasteiger partial charge is 0.317 e. The van der Waals surface area contributed by atoms with Crippen LogP contribution in [-0.2, 0) is 0 Å². The van der Waals surface area contributed by atoms with Crippen LogP contribution in [-0.4, -0.2) is 31.1 Å². The van der Waals surface area contributed by atoms with Gasteiger partial charge in [0.15, 0.2) is 0 Å². The van der Waals surface area contributed by atoms with E-state index in [2.05, 4.69) is 24.2 Å². The fraction of sp³-hybridized carbons (Fsp3) is 0.692. The Morgan fingerprint density at radius 2 is 2.17 bits per heavy atom. The second kappa shape index (κ2) is 6.58. The van der Waals surface area contributed by atoms with Crippen molar-refractivity contribution >= 4 is 34.5 Å². The van der Waals surface area contributed by atoms with Crippen LogP contribution < -0.4 is 5.32 Å². The molecule has 0 amide bonds. The molecular formula is C13H20Cl2N2S. The lowest BCUT2D eigenvalue weighted by Gasteiger charge is -2.32. The quantitative estimate of drug-likeness (QED) is 0.901. The smallest absolute Gasteiger partial charge is 0.0991 e. The second-order valence-electron chi connectivity index (χ2n) is 4.96. The van der Waals surface area contributed by atoms with Gasteiger partial charge in [0.1, 0.15) is 0 Å². The third-order valence-corrected chi connectivity index (χ3v) is 5.38. The summed E-state index contributed by atoms with van der Waals surface area (Å²) in [6.07, 6.45) is 3.71. The van der Waals surface area contributed by atoms with Crippen molar-refractivity contribution in [3.05, 3.63) is 20.3 Å². The molecule has 2 heterocycles. The average molecular weight is 307 g/mol. The van der Waals surface area contributed by atoms with E-state index in [0.29, 0.717) is 12.1 Å². The first kappa shape index (κ1) is 14.6. The van der Waals surface area contributed by atoms with Crippen LogP contribution in [0.4, 0.5) is 0 Å². The van der Waals surface area contributed by atoms with E-state index in [9.17, 15) is 0 Å². The van der Waals surface area contributed by atoms with Crippen LogP contribution in [0.25, 0.3) is 0 Å². The molecule has 0 aromatic carbocycles. The second-order valence-corrected chi connectivity index (χ2v) is 7.24. The molecule has 2 nitrogen and oxygen atoms in total. The van der Waals surface area contributed by atoms with Gasteiger partial charge in [-0.25, -0.2) is 0 Å². The molecule has 1 aromatic heterocycles. The van der Waals surface area contributed by atoms with Crippen molar-refractivity contribution in [2.75, 3.05) is 20.1 Å². The molecule has 0 aliphatic carbocycles. The van der Waals surface area contributed by atoms with E-state index >= 15 is 0 Å². The highest BCUT2D eigenvalue weighted by Gasteiger charge is 2.24. The lowest BCUT2D eigenvalue weighted by Crippen LogP contribution is -2.34. The van der Waals surface area contributed by atoms with E-state index in [1.165, 1.54) is 30.6 Å². The Balaban J connectivity index is 2.07. The van der Waals surface area contributed by atoms with Crippen molar-refractivity contribution in [2.45, 2.75) is 38.3 Å². The predicted molar refractivity (Wildman–Crippen MR) is 81.0 cm³/mol. The van der Waals surface area contributed by atoms with E-state index in [0.717, 1.165) is 27.3 Å². The summed E-state index contributed by atoms with van der Waals surface area (Å²) in [7, 11) is 2.20. The summed E-state index contributed by atoms with van der Waals surface area (Å²) >= 11 is 13.7. The van der Waals surface area contributed by atoms with E-state index in [4.69, 9.17) is 23.2 Å². The summed E-state index contributed by atoms with van der Waals surface area (Å²) in [6, 6.07) is 2.96. The molecule has 18 heavy (non-hydrogen) atoms. The lowest BCUT2D eigenvalue weighted by atomic mass is 10.0. The third kappa shape index (κ3) is 3.40. The van der Waals surface area contributed by atoms with Crippen LogP contribution in [0.1, 0.15) is 37.8 Å². The fourth-order valence-corrected chi connectivity index (χ4v) is 4.22. The van der Waals surface area contributed by atoms with Gasteiger partial charge in [0.2, 0.25) is 0 Å². The number of halogens is 2. The fourth-order valence-electron chi connectivity index (χ4n) is 2.58. The third-order valence-electron chi connectivity index (χ3n) is 3.87. The van der Waals surface area contributed by atoms with Gasteiger partial charge in [-0.05, 0) is 52.4 Å². The summed E-state index contributed by atoms with van der Waals surface area (Å²) in [4.78, 5) is 2.44. The molecule has 0 radical (unpaired) electrons. The minimum Gasteiger partial charge on any atom is -0.317 e. The molecule has 1 aliphatic heterocycles. The van der Waals surface area contributed by atoms with Crippen LogP contribution >= 0.6 is 34.5 Å². The van der Waals surface area contributed by atoms with E-state index in [-0.39, 0.29) is 0 Å². The first-order chi connectivity index (χ1) is 8.59. The number of hydrogen-bond acceptors (Lipinski definition) is 3. The van der Waals surface area contributed by atoms with Crippen LogP contribution in [0.15, 0.2) is 6.07 Å². The number of nitrogens with one attached hydrogen (secondary N) is 1. The van der Waals surface area contributed by atoms with Gasteiger partial charge in [0.25, 0.3) is 0 Å². The Kier molecular flexibility index (Phi) is 5.34. The van der Waals surface area contributed by atoms with Crippen LogP contribution in [0.5, 0.6) is 0 Å². The Morgan fingerprint density at radius 3 is 2.83 bits per heavy atom. The monoisotopic (exact) mass is 306 g/mol. The summed E-state index contributed by atoms with van der Waals surface area (Å²) < 4.78 is 1.60. The lowest BCUT2D eigenvalue weighted by molar-refractivity contribution is 0.171. The average Bonchev–Trinajstić information content (AvgIpc) is 2.59. The molecule has 2 atom stereocenters. The molecule has 1 fully saturated rings. The van der Waals surface area contributed by atoms with Gasteiger partial charge in [0.05, 0.1) is 8.67 Å². The van der Waals surface area contributed by atoms with Crippen molar-refractivity contribution in [2.24, 2.45) is 0 Å². The molecule has 1 aliphatic rings. The normalized spacial score (nSPS) is 23.1. The van der Waals surface area contributed by atoms with Crippen LogP contribution in [0, 0.1) is 0 Å². The zero-order valence-electron chi connectivity index (χ0n) is 10.9. The summed E-state index contributed by atoms with van der Waals surface area (Å²) in [6.45, 7) is 4.46.